The molecule has 0 aliphatic rings. The molecule has 1 aromatic carbocycles. The van der Waals surface area contributed by atoms with E-state index < -0.39 is 18.1 Å². The smallest absolute Gasteiger partial charge is 0.387 e. The summed E-state index contributed by atoms with van der Waals surface area (Å²) in [7, 11) is 0. The molecule has 0 saturated carbocycles. The number of nitrogens with one attached hydrogen (secondary N) is 1. The average Bonchev–Trinajstić information content (AvgIpc) is 2.99. The van der Waals surface area contributed by atoms with Gasteiger partial charge in [-0.2, -0.15) is 8.78 Å². The molecular weight excluding hydrogens is 364 g/mol. The number of halogens is 3. The highest BCUT2D eigenvalue weighted by Crippen LogP contribution is 2.29. The highest BCUT2D eigenvalue weighted by Gasteiger charge is 2.15. The van der Waals surface area contributed by atoms with Gasteiger partial charge in [-0.25, -0.2) is 4.98 Å². The molecule has 0 fully saturated rings. The second-order valence-corrected chi connectivity index (χ2v) is 5.79. The zero-order valence-electron chi connectivity index (χ0n) is 11.7. The van der Waals surface area contributed by atoms with Gasteiger partial charge in [-0.05, 0) is 18.2 Å². The summed E-state index contributed by atoms with van der Waals surface area (Å²) in [6, 6.07) is 3.76. The number of carbonyl (C=O) groups excluding carboxylic acids is 1. The quantitative estimate of drug-likeness (QED) is 0.764. The van der Waals surface area contributed by atoms with Crippen molar-refractivity contribution in [3.63, 3.8) is 0 Å². The third kappa shape index (κ3) is 3.22. The zero-order valence-corrected chi connectivity index (χ0v) is 13.3. The molecule has 0 atom stereocenters. The van der Waals surface area contributed by atoms with Gasteiger partial charge in [0.2, 0.25) is 0 Å². The number of hydrogen-bond donors (Lipinski definition) is 1. The van der Waals surface area contributed by atoms with E-state index in [9.17, 15) is 18.4 Å². The van der Waals surface area contributed by atoms with Crippen LogP contribution in [-0.4, -0.2) is 21.9 Å². The van der Waals surface area contributed by atoms with Gasteiger partial charge in [0.05, 0.1) is 5.02 Å². The summed E-state index contributed by atoms with van der Waals surface area (Å²) in [6.45, 7) is -3.01. The highest BCUT2D eigenvalue weighted by molar-refractivity contribution is 7.15. The Morgan fingerprint density at radius 2 is 2.21 bits per heavy atom. The molecule has 0 aliphatic heterocycles. The number of aromatic nitrogens is 2. The Balaban J connectivity index is 1.85. The summed E-state index contributed by atoms with van der Waals surface area (Å²) in [5.74, 6) is -0.905. The first-order valence-corrected chi connectivity index (χ1v) is 7.72. The summed E-state index contributed by atoms with van der Waals surface area (Å²) >= 11 is 7.07. The number of amides is 1. The molecule has 1 amide bonds. The van der Waals surface area contributed by atoms with Crippen LogP contribution in [0.3, 0.4) is 0 Å². The van der Waals surface area contributed by atoms with Crippen molar-refractivity contribution in [1.82, 2.24) is 9.38 Å². The fourth-order valence-electron chi connectivity index (χ4n) is 1.95. The van der Waals surface area contributed by atoms with Crippen molar-refractivity contribution in [2.24, 2.45) is 0 Å². The zero-order chi connectivity index (χ0) is 17.3. The van der Waals surface area contributed by atoms with Gasteiger partial charge in [0, 0.05) is 23.5 Å². The number of alkyl halides is 2. The van der Waals surface area contributed by atoms with Crippen LogP contribution in [-0.2, 0) is 0 Å². The Labute approximate surface area is 142 Å². The lowest BCUT2D eigenvalue weighted by Crippen LogP contribution is -2.25. The highest BCUT2D eigenvalue weighted by atomic mass is 35.5. The molecular formula is C14H8ClF2N3O3S. The second-order valence-electron chi connectivity index (χ2n) is 4.51. The van der Waals surface area contributed by atoms with E-state index in [1.54, 1.807) is 5.38 Å². The molecule has 10 heteroatoms. The third-order valence-electron chi connectivity index (χ3n) is 2.99. The number of thiazole rings is 1. The third-order valence-corrected chi connectivity index (χ3v) is 4.06. The van der Waals surface area contributed by atoms with Crippen LogP contribution in [0.15, 0.2) is 40.8 Å². The first kappa shape index (κ1) is 16.3. The minimum Gasteiger partial charge on any atom is -0.433 e. The van der Waals surface area contributed by atoms with Crippen molar-refractivity contribution in [2.45, 2.75) is 6.61 Å². The minimum atomic E-state index is -3.01. The Hall–Kier alpha value is -2.52. The summed E-state index contributed by atoms with van der Waals surface area (Å²) in [6.07, 6.45) is 2.69. The van der Waals surface area contributed by atoms with Gasteiger partial charge < -0.3 is 10.1 Å². The van der Waals surface area contributed by atoms with Gasteiger partial charge in [-0.15, -0.1) is 11.3 Å². The number of carbonyl (C=O) groups is 1. The van der Waals surface area contributed by atoms with Gasteiger partial charge in [0.1, 0.15) is 11.3 Å². The first-order chi connectivity index (χ1) is 11.5. The fraction of sp³-hybridized carbons (Fsp3) is 0.0714. The lowest BCUT2D eigenvalue weighted by Gasteiger charge is -2.09. The summed E-state index contributed by atoms with van der Waals surface area (Å²) in [4.78, 5) is 28.9. The Bertz CT molecular complexity index is 973. The van der Waals surface area contributed by atoms with Crippen molar-refractivity contribution in [3.05, 3.63) is 56.9 Å². The summed E-state index contributed by atoms with van der Waals surface area (Å²) in [5, 5.41) is 4.03. The first-order valence-electron chi connectivity index (χ1n) is 6.46. The lowest BCUT2D eigenvalue weighted by molar-refractivity contribution is -0.0497. The van der Waals surface area contributed by atoms with Crippen molar-refractivity contribution in [3.8, 4) is 5.75 Å². The van der Waals surface area contributed by atoms with Crippen LogP contribution in [0.1, 0.15) is 10.4 Å². The second kappa shape index (κ2) is 6.54. The maximum atomic E-state index is 12.2. The number of fused-ring (bicyclic) bond motifs is 1. The average molecular weight is 372 g/mol. The van der Waals surface area contributed by atoms with Gasteiger partial charge >= 0.3 is 6.61 Å². The Kier molecular flexibility index (Phi) is 4.45. The number of nitrogens with zero attached hydrogens (tertiary/aromatic N) is 2. The van der Waals surface area contributed by atoms with Crippen molar-refractivity contribution in [1.29, 1.82) is 0 Å². The van der Waals surface area contributed by atoms with Crippen LogP contribution < -0.4 is 15.6 Å². The maximum Gasteiger partial charge on any atom is 0.387 e. The van der Waals surface area contributed by atoms with E-state index in [2.05, 4.69) is 15.0 Å². The van der Waals surface area contributed by atoms with Crippen LogP contribution >= 0.6 is 22.9 Å². The molecule has 0 radical (unpaired) electrons. The molecule has 0 aliphatic carbocycles. The van der Waals surface area contributed by atoms with E-state index >= 15 is 0 Å². The van der Waals surface area contributed by atoms with Crippen molar-refractivity contribution >= 4 is 39.5 Å². The number of rotatable bonds is 4. The SMILES string of the molecule is O=C(Nc1ccc(OC(F)F)c(Cl)c1)c1cnc2sccn2c1=O. The van der Waals surface area contributed by atoms with Crippen LogP contribution in [0.25, 0.3) is 4.96 Å². The molecule has 0 spiro atoms. The van der Waals surface area contributed by atoms with Crippen LogP contribution in [0.5, 0.6) is 5.75 Å². The van der Waals surface area contributed by atoms with Gasteiger partial charge in [-0.1, -0.05) is 11.6 Å². The van der Waals surface area contributed by atoms with E-state index in [0.29, 0.717) is 4.96 Å². The lowest BCUT2D eigenvalue weighted by atomic mass is 10.2. The van der Waals surface area contributed by atoms with Crippen LogP contribution in [0.4, 0.5) is 14.5 Å². The minimum absolute atomic E-state index is 0.101. The Morgan fingerprint density at radius 1 is 1.42 bits per heavy atom. The Morgan fingerprint density at radius 3 is 2.92 bits per heavy atom. The summed E-state index contributed by atoms with van der Waals surface area (Å²) in [5.41, 5.74) is -0.445. The molecule has 3 aromatic rings. The standard InChI is InChI=1S/C14H8ClF2N3O3S/c15-9-5-7(1-2-10(9)23-13(16)17)19-11(21)8-6-18-14-20(12(8)22)3-4-24-14/h1-6,13H,(H,19,21). The predicted molar refractivity (Wildman–Crippen MR) is 85.4 cm³/mol. The molecule has 0 bridgehead atoms. The summed E-state index contributed by atoms with van der Waals surface area (Å²) < 4.78 is 29.8. The number of anilines is 1. The molecule has 2 heterocycles. The number of ether oxygens (including phenoxy) is 1. The van der Waals surface area contributed by atoms with Crippen LogP contribution in [0, 0.1) is 0 Å². The van der Waals surface area contributed by atoms with Gasteiger partial charge in [0.25, 0.3) is 11.5 Å². The van der Waals surface area contributed by atoms with E-state index in [1.165, 1.54) is 46.3 Å². The van der Waals surface area contributed by atoms with E-state index in [1.807, 2.05) is 0 Å². The number of hydrogen-bond acceptors (Lipinski definition) is 5. The van der Waals surface area contributed by atoms with Crippen molar-refractivity contribution < 1.29 is 18.3 Å². The molecule has 3 rings (SSSR count). The number of benzene rings is 1. The molecule has 0 saturated heterocycles. The monoisotopic (exact) mass is 371 g/mol. The topological polar surface area (TPSA) is 72.7 Å². The fourth-order valence-corrected chi connectivity index (χ4v) is 2.85. The normalized spacial score (nSPS) is 11.0. The molecule has 0 unspecified atom stereocenters. The molecule has 2 aromatic heterocycles. The van der Waals surface area contributed by atoms with Crippen molar-refractivity contribution in [2.75, 3.05) is 5.32 Å². The van der Waals surface area contributed by atoms with Crippen LogP contribution in [0.2, 0.25) is 5.02 Å². The van der Waals surface area contributed by atoms with Gasteiger partial charge in [-0.3, -0.25) is 14.0 Å². The maximum absolute atomic E-state index is 12.2. The molecule has 6 nitrogen and oxygen atoms in total. The van der Waals surface area contributed by atoms with E-state index in [-0.39, 0.29) is 22.0 Å². The van der Waals surface area contributed by atoms with E-state index in [0.717, 1.165) is 0 Å². The predicted octanol–water partition coefficient (Wildman–Crippen LogP) is 3.26. The molecule has 124 valence electrons. The molecule has 1 N–H and O–H groups in total. The van der Waals surface area contributed by atoms with Gasteiger partial charge in [0.15, 0.2) is 4.96 Å². The van der Waals surface area contributed by atoms with E-state index in [4.69, 9.17) is 11.6 Å². The molecule has 24 heavy (non-hydrogen) atoms. The largest absolute Gasteiger partial charge is 0.433 e.